The van der Waals surface area contributed by atoms with Crippen molar-refractivity contribution in [2.24, 2.45) is 0 Å². The molecule has 0 fully saturated rings. The largest absolute Gasteiger partial charge is 0.491 e. The average Bonchev–Trinajstić information content (AvgIpc) is 2.36. The van der Waals surface area contributed by atoms with Crippen LogP contribution in [0.15, 0.2) is 36.4 Å². The summed E-state index contributed by atoms with van der Waals surface area (Å²) in [6.07, 6.45) is 0. The van der Waals surface area contributed by atoms with Crippen molar-refractivity contribution in [2.75, 3.05) is 17.7 Å². The van der Waals surface area contributed by atoms with Crippen molar-refractivity contribution in [2.45, 2.75) is 6.92 Å². The van der Waals surface area contributed by atoms with Gasteiger partial charge in [0.25, 0.3) is 0 Å². The smallest absolute Gasteiger partial charge is 0.167 e. The SMILES string of the molecule is CCOc1ccc(Nc2ccc(N)cc2F)cc1F. The van der Waals surface area contributed by atoms with Crippen molar-refractivity contribution in [1.82, 2.24) is 0 Å². The highest BCUT2D eigenvalue weighted by molar-refractivity contribution is 5.63. The van der Waals surface area contributed by atoms with Gasteiger partial charge in [0.2, 0.25) is 0 Å². The van der Waals surface area contributed by atoms with Gasteiger partial charge in [0.15, 0.2) is 11.6 Å². The number of hydrogen-bond acceptors (Lipinski definition) is 3. The van der Waals surface area contributed by atoms with Gasteiger partial charge in [0.1, 0.15) is 5.82 Å². The molecular formula is C14H14F2N2O. The van der Waals surface area contributed by atoms with Crippen LogP contribution in [0, 0.1) is 11.6 Å². The van der Waals surface area contributed by atoms with Crippen molar-refractivity contribution in [3.8, 4) is 5.75 Å². The van der Waals surface area contributed by atoms with Crippen LogP contribution in [0.2, 0.25) is 0 Å². The Kier molecular flexibility index (Phi) is 3.85. The molecule has 0 atom stereocenters. The molecule has 0 radical (unpaired) electrons. The summed E-state index contributed by atoms with van der Waals surface area (Å²) in [7, 11) is 0. The minimum absolute atomic E-state index is 0.172. The third kappa shape index (κ3) is 3.13. The Morgan fingerprint density at radius 3 is 2.53 bits per heavy atom. The van der Waals surface area contributed by atoms with Gasteiger partial charge in [-0.2, -0.15) is 0 Å². The van der Waals surface area contributed by atoms with Crippen LogP contribution >= 0.6 is 0 Å². The van der Waals surface area contributed by atoms with Gasteiger partial charge in [-0.25, -0.2) is 8.78 Å². The molecule has 0 heterocycles. The first-order valence-electron chi connectivity index (χ1n) is 5.84. The highest BCUT2D eigenvalue weighted by atomic mass is 19.1. The maximum absolute atomic E-state index is 13.6. The third-order valence-electron chi connectivity index (χ3n) is 2.50. The molecule has 0 aliphatic heterocycles. The Morgan fingerprint density at radius 2 is 1.89 bits per heavy atom. The molecular weight excluding hydrogens is 250 g/mol. The van der Waals surface area contributed by atoms with Crippen LogP contribution < -0.4 is 15.8 Å². The number of nitrogens with one attached hydrogen (secondary N) is 1. The Hall–Kier alpha value is -2.30. The lowest BCUT2D eigenvalue weighted by atomic mass is 10.2. The standard InChI is InChI=1S/C14H14F2N2O/c1-2-19-14-6-4-10(8-12(14)16)18-13-5-3-9(17)7-11(13)15/h3-8,18H,2,17H2,1H3. The van der Waals surface area contributed by atoms with E-state index in [1.165, 1.54) is 24.3 Å². The highest BCUT2D eigenvalue weighted by Gasteiger charge is 2.07. The normalized spacial score (nSPS) is 10.3. The summed E-state index contributed by atoms with van der Waals surface area (Å²) >= 11 is 0. The van der Waals surface area contributed by atoms with E-state index in [1.807, 2.05) is 0 Å². The lowest BCUT2D eigenvalue weighted by Gasteiger charge is -2.10. The number of nitrogens with two attached hydrogens (primary N) is 1. The second-order valence-corrected chi connectivity index (χ2v) is 3.94. The van der Waals surface area contributed by atoms with Gasteiger partial charge in [-0.3, -0.25) is 0 Å². The van der Waals surface area contributed by atoms with Crippen LogP contribution in [0.4, 0.5) is 25.8 Å². The number of rotatable bonds is 4. The van der Waals surface area contributed by atoms with Gasteiger partial charge in [-0.15, -0.1) is 0 Å². The first-order valence-corrected chi connectivity index (χ1v) is 5.84. The summed E-state index contributed by atoms with van der Waals surface area (Å²) in [4.78, 5) is 0. The quantitative estimate of drug-likeness (QED) is 0.828. The lowest BCUT2D eigenvalue weighted by molar-refractivity contribution is 0.321. The zero-order valence-electron chi connectivity index (χ0n) is 10.4. The maximum atomic E-state index is 13.6. The Labute approximate surface area is 110 Å². The van der Waals surface area contributed by atoms with Crippen LogP contribution in [0.1, 0.15) is 6.92 Å². The van der Waals surface area contributed by atoms with E-state index >= 15 is 0 Å². The van der Waals surface area contributed by atoms with Crippen LogP contribution in [0.3, 0.4) is 0 Å². The van der Waals surface area contributed by atoms with E-state index in [4.69, 9.17) is 10.5 Å². The lowest BCUT2D eigenvalue weighted by Crippen LogP contribution is -1.98. The monoisotopic (exact) mass is 264 g/mol. The molecule has 19 heavy (non-hydrogen) atoms. The Balaban J connectivity index is 2.21. The summed E-state index contributed by atoms with van der Waals surface area (Å²) in [6, 6.07) is 8.63. The van der Waals surface area contributed by atoms with Crippen LogP contribution in [-0.4, -0.2) is 6.61 Å². The molecule has 2 rings (SSSR count). The van der Waals surface area contributed by atoms with Gasteiger partial charge in [-0.1, -0.05) is 0 Å². The van der Waals surface area contributed by atoms with Crippen molar-refractivity contribution in [3.63, 3.8) is 0 Å². The summed E-state index contributed by atoms with van der Waals surface area (Å²) in [5, 5.41) is 2.78. The third-order valence-corrected chi connectivity index (χ3v) is 2.50. The van der Waals surface area contributed by atoms with Crippen LogP contribution in [-0.2, 0) is 0 Å². The predicted octanol–water partition coefficient (Wildman–Crippen LogP) is 3.69. The van der Waals surface area contributed by atoms with Crippen molar-refractivity contribution in [3.05, 3.63) is 48.0 Å². The molecule has 0 saturated carbocycles. The number of halogens is 2. The summed E-state index contributed by atoms with van der Waals surface area (Å²) < 4.78 is 32.3. The minimum atomic E-state index is -0.497. The molecule has 0 aliphatic carbocycles. The van der Waals surface area contributed by atoms with Crippen molar-refractivity contribution < 1.29 is 13.5 Å². The molecule has 2 aromatic carbocycles. The molecule has 0 spiro atoms. The van der Waals surface area contributed by atoms with Crippen LogP contribution in [0.25, 0.3) is 0 Å². The molecule has 3 nitrogen and oxygen atoms in total. The van der Waals surface area contributed by atoms with Crippen molar-refractivity contribution in [1.29, 1.82) is 0 Å². The Morgan fingerprint density at radius 1 is 1.11 bits per heavy atom. The number of benzene rings is 2. The van der Waals surface area contributed by atoms with E-state index in [0.717, 1.165) is 0 Å². The van der Waals surface area contributed by atoms with E-state index < -0.39 is 11.6 Å². The molecule has 0 saturated heterocycles. The predicted molar refractivity (Wildman–Crippen MR) is 71.7 cm³/mol. The van der Waals surface area contributed by atoms with Crippen molar-refractivity contribution >= 4 is 17.1 Å². The number of hydrogen-bond donors (Lipinski definition) is 2. The average molecular weight is 264 g/mol. The zero-order valence-corrected chi connectivity index (χ0v) is 10.4. The van der Waals surface area contributed by atoms with Gasteiger partial charge in [0.05, 0.1) is 12.3 Å². The van der Waals surface area contributed by atoms with E-state index in [9.17, 15) is 8.78 Å². The number of nitrogen functional groups attached to an aromatic ring is 1. The fraction of sp³-hybridized carbons (Fsp3) is 0.143. The molecule has 0 aliphatic rings. The van der Waals surface area contributed by atoms with Gasteiger partial charge in [0, 0.05) is 17.4 Å². The van der Waals surface area contributed by atoms with E-state index in [0.29, 0.717) is 18.0 Å². The van der Waals surface area contributed by atoms with E-state index in [1.54, 1.807) is 19.1 Å². The number of ether oxygens (including phenoxy) is 1. The summed E-state index contributed by atoms with van der Waals surface area (Å²) in [5.41, 5.74) is 6.46. The second kappa shape index (κ2) is 5.56. The minimum Gasteiger partial charge on any atom is -0.491 e. The molecule has 3 N–H and O–H groups in total. The van der Waals surface area contributed by atoms with E-state index in [2.05, 4.69) is 5.32 Å². The van der Waals surface area contributed by atoms with Gasteiger partial charge < -0.3 is 15.8 Å². The topological polar surface area (TPSA) is 47.3 Å². The number of anilines is 3. The molecule has 0 amide bonds. The van der Waals surface area contributed by atoms with Gasteiger partial charge >= 0.3 is 0 Å². The molecule has 2 aromatic rings. The maximum Gasteiger partial charge on any atom is 0.167 e. The highest BCUT2D eigenvalue weighted by Crippen LogP contribution is 2.25. The van der Waals surface area contributed by atoms with Gasteiger partial charge in [-0.05, 0) is 37.3 Å². The molecule has 0 bridgehead atoms. The summed E-state index contributed by atoms with van der Waals surface area (Å²) in [6.45, 7) is 2.16. The fourth-order valence-corrected chi connectivity index (χ4v) is 1.64. The van der Waals surface area contributed by atoms with E-state index in [-0.39, 0.29) is 11.4 Å². The molecule has 0 aromatic heterocycles. The Bertz CT molecular complexity index is 588. The summed E-state index contributed by atoms with van der Waals surface area (Å²) in [5.74, 6) is -0.817. The first kappa shape index (κ1) is 13.1. The zero-order chi connectivity index (χ0) is 13.8. The first-order chi connectivity index (χ1) is 9.10. The van der Waals surface area contributed by atoms with Crippen LogP contribution in [0.5, 0.6) is 5.75 Å². The second-order valence-electron chi connectivity index (χ2n) is 3.94. The molecule has 100 valence electrons. The molecule has 5 heteroatoms. The fourth-order valence-electron chi connectivity index (χ4n) is 1.64. The molecule has 0 unspecified atom stereocenters.